The van der Waals surface area contributed by atoms with Gasteiger partial charge in [0.2, 0.25) is 17.7 Å². The highest BCUT2D eigenvalue weighted by atomic mass is 16.5. The Morgan fingerprint density at radius 1 is 0.794 bits per heavy atom. The zero-order valence-electron chi connectivity index (χ0n) is 21.0. The molecule has 1 aliphatic carbocycles. The number of carbonyl (C=O) groups is 3. The molecule has 0 bridgehead atoms. The average Bonchev–Trinajstić information content (AvgIpc) is 2.84. The summed E-state index contributed by atoms with van der Waals surface area (Å²) >= 11 is 0. The maximum absolute atomic E-state index is 12.2. The van der Waals surface area contributed by atoms with Gasteiger partial charge in [-0.2, -0.15) is 0 Å². The molecule has 0 aliphatic heterocycles. The summed E-state index contributed by atoms with van der Waals surface area (Å²) in [4.78, 5) is 35.8. The minimum absolute atomic E-state index is 0.0151. The number of ether oxygens (including phenoxy) is 4. The Hall–Kier alpha value is -1.75. The van der Waals surface area contributed by atoms with E-state index in [0.29, 0.717) is 72.2 Å². The summed E-state index contributed by atoms with van der Waals surface area (Å²) < 4.78 is 21.1. The molecule has 10 nitrogen and oxygen atoms in total. The van der Waals surface area contributed by atoms with E-state index in [-0.39, 0.29) is 36.3 Å². The molecule has 0 aromatic heterocycles. The van der Waals surface area contributed by atoms with Crippen molar-refractivity contribution < 1.29 is 33.3 Å². The van der Waals surface area contributed by atoms with Crippen LogP contribution in [0.3, 0.4) is 0 Å². The molecule has 10 heteroatoms. The summed E-state index contributed by atoms with van der Waals surface area (Å²) in [5.74, 6) is 0.00112. The summed E-state index contributed by atoms with van der Waals surface area (Å²) in [7, 11) is 0. The zero-order chi connectivity index (χ0) is 24.9. The minimum atomic E-state index is -0.204. The van der Waals surface area contributed by atoms with E-state index in [0.717, 1.165) is 25.7 Å². The van der Waals surface area contributed by atoms with Gasteiger partial charge in [-0.25, -0.2) is 0 Å². The van der Waals surface area contributed by atoms with E-state index in [1.807, 2.05) is 13.8 Å². The molecule has 1 aliphatic rings. The molecule has 0 unspecified atom stereocenters. The lowest BCUT2D eigenvalue weighted by molar-refractivity contribution is -0.127. The van der Waals surface area contributed by atoms with Gasteiger partial charge in [0.15, 0.2) is 0 Å². The van der Waals surface area contributed by atoms with Crippen molar-refractivity contribution in [1.29, 1.82) is 0 Å². The van der Waals surface area contributed by atoms with Crippen LogP contribution in [-0.4, -0.2) is 89.7 Å². The third-order valence-electron chi connectivity index (χ3n) is 5.49. The Balaban J connectivity index is 1.88. The lowest BCUT2D eigenvalue weighted by Crippen LogP contribution is -2.38. The van der Waals surface area contributed by atoms with Crippen LogP contribution in [0.4, 0.5) is 0 Å². The molecule has 0 saturated heterocycles. The van der Waals surface area contributed by atoms with Gasteiger partial charge >= 0.3 is 0 Å². The third kappa shape index (κ3) is 16.8. The van der Waals surface area contributed by atoms with E-state index < -0.39 is 0 Å². The molecule has 34 heavy (non-hydrogen) atoms. The van der Waals surface area contributed by atoms with Crippen molar-refractivity contribution in [3.8, 4) is 0 Å². The van der Waals surface area contributed by atoms with Crippen LogP contribution >= 0.6 is 0 Å². The number of nitrogens with one attached hydrogen (secondary N) is 3. The Morgan fingerprint density at radius 3 is 2.03 bits per heavy atom. The van der Waals surface area contributed by atoms with E-state index in [1.165, 1.54) is 6.42 Å². The van der Waals surface area contributed by atoms with Crippen molar-refractivity contribution in [3.05, 3.63) is 0 Å². The quantitative estimate of drug-likeness (QED) is 0.220. The summed E-state index contributed by atoms with van der Waals surface area (Å²) in [6.45, 7) is 7.83. The van der Waals surface area contributed by atoms with Gasteiger partial charge in [0, 0.05) is 38.1 Å². The molecule has 3 N–H and O–H groups in total. The molecular formula is C24H45N3O7. The van der Waals surface area contributed by atoms with E-state index in [4.69, 9.17) is 18.9 Å². The summed E-state index contributed by atoms with van der Waals surface area (Å²) in [6.07, 6.45) is 6.40. The SMILES string of the molecule is CCOCCOCCNC(=O)COCCOCCNC(=O)CC[C@@H](C)NC(=O)C1CCCCC1. The van der Waals surface area contributed by atoms with Crippen molar-refractivity contribution in [3.63, 3.8) is 0 Å². The van der Waals surface area contributed by atoms with Crippen molar-refractivity contribution in [1.82, 2.24) is 16.0 Å². The fourth-order valence-electron chi connectivity index (χ4n) is 3.56. The lowest BCUT2D eigenvalue weighted by atomic mass is 9.88. The van der Waals surface area contributed by atoms with Gasteiger partial charge in [-0.15, -0.1) is 0 Å². The van der Waals surface area contributed by atoms with Gasteiger partial charge in [0.25, 0.3) is 0 Å². The van der Waals surface area contributed by atoms with Gasteiger partial charge in [-0.1, -0.05) is 19.3 Å². The smallest absolute Gasteiger partial charge is 0.246 e. The van der Waals surface area contributed by atoms with Gasteiger partial charge in [0.05, 0.1) is 39.6 Å². The van der Waals surface area contributed by atoms with Crippen LogP contribution in [0.5, 0.6) is 0 Å². The number of carbonyl (C=O) groups excluding carboxylic acids is 3. The van der Waals surface area contributed by atoms with Gasteiger partial charge < -0.3 is 34.9 Å². The molecule has 1 atom stereocenters. The third-order valence-corrected chi connectivity index (χ3v) is 5.49. The highest BCUT2D eigenvalue weighted by Gasteiger charge is 2.22. The van der Waals surface area contributed by atoms with Gasteiger partial charge in [-0.3, -0.25) is 14.4 Å². The van der Waals surface area contributed by atoms with Crippen LogP contribution < -0.4 is 16.0 Å². The second-order valence-electron chi connectivity index (χ2n) is 8.46. The molecule has 1 saturated carbocycles. The van der Waals surface area contributed by atoms with E-state index in [2.05, 4.69) is 16.0 Å². The van der Waals surface area contributed by atoms with Crippen molar-refractivity contribution in [2.24, 2.45) is 5.92 Å². The van der Waals surface area contributed by atoms with E-state index in [9.17, 15) is 14.4 Å². The van der Waals surface area contributed by atoms with Crippen molar-refractivity contribution in [2.75, 3.05) is 65.9 Å². The van der Waals surface area contributed by atoms with Crippen molar-refractivity contribution in [2.45, 2.75) is 64.8 Å². The van der Waals surface area contributed by atoms with Crippen LogP contribution in [0.2, 0.25) is 0 Å². The molecule has 0 spiro atoms. The van der Waals surface area contributed by atoms with E-state index >= 15 is 0 Å². The minimum Gasteiger partial charge on any atom is -0.379 e. The Morgan fingerprint density at radius 2 is 1.38 bits per heavy atom. The van der Waals surface area contributed by atoms with Crippen LogP contribution in [-0.2, 0) is 33.3 Å². The van der Waals surface area contributed by atoms with Gasteiger partial charge in [-0.05, 0) is 33.1 Å². The molecule has 1 fully saturated rings. The molecule has 198 valence electrons. The highest BCUT2D eigenvalue weighted by molar-refractivity contribution is 5.79. The second kappa shape index (κ2) is 20.6. The second-order valence-corrected chi connectivity index (χ2v) is 8.46. The van der Waals surface area contributed by atoms with Crippen LogP contribution in [0.25, 0.3) is 0 Å². The first kappa shape index (κ1) is 30.3. The topological polar surface area (TPSA) is 124 Å². The predicted octanol–water partition coefficient (Wildman–Crippen LogP) is 1.17. The molecule has 0 heterocycles. The molecular weight excluding hydrogens is 442 g/mol. The molecule has 0 radical (unpaired) electrons. The van der Waals surface area contributed by atoms with Crippen LogP contribution in [0.15, 0.2) is 0 Å². The fourth-order valence-corrected chi connectivity index (χ4v) is 3.56. The summed E-state index contributed by atoms with van der Waals surface area (Å²) in [6, 6.07) is -0.0151. The summed E-state index contributed by atoms with van der Waals surface area (Å²) in [5.41, 5.74) is 0. The normalized spacial score (nSPS) is 15.0. The molecule has 1 rings (SSSR count). The molecule has 0 aromatic carbocycles. The first-order chi connectivity index (χ1) is 16.5. The average molecular weight is 488 g/mol. The predicted molar refractivity (Wildman–Crippen MR) is 128 cm³/mol. The van der Waals surface area contributed by atoms with E-state index in [1.54, 1.807) is 0 Å². The summed E-state index contributed by atoms with van der Waals surface area (Å²) in [5, 5.41) is 8.55. The zero-order valence-corrected chi connectivity index (χ0v) is 21.0. The first-order valence-electron chi connectivity index (χ1n) is 12.7. The first-order valence-corrected chi connectivity index (χ1v) is 12.7. The number of rotatable bonds is 20. The molecule has 0 aromatic rings. The Kier molecular flexibility index (Phi) is 18.4. The van der Waals surface area contributed by atoms with Gasteiger partial charge in [0.1, 0.15) is 6.61 Å². The largest absolute Gasteiger partial charge is 0.379 e. The standard InChI is InChI=1S/C24H45N3O7/c1-3-31-15-16-32-14-12-26-23(29)19-34-18-17-33-13-11-25-22(28)10-9-20(2)27-24(30)21-7-5-4-6-8-21/h20-21H,3-19H2,1-2H3,(H,25,28)(H,26,29)(H,27,30)/t20-/m1/s1. The van der Waals surface area contributed by atoms with Crippen LogP contribution in [0, 0.1) is 5.92 Å². The number of hydrogen-bond donors (Lipinski definition) is 3. The van der Waals surface area contributed by atoms with Crippen molar-refractivity contribution >= 4 is 17.7 Å². The number of amides is 3. The number of hydrogen-bond acceptors (Lipinski definition) is 7. The maximum atomic E-state index is 12.2. The highest BCUT2D eigenvalue weighted by Crippen LogP contribution is 2.23. The Bertz CT molecular complexity index is 557. The monoisotopic (exact) mass is 487 g/mol. The molecule has 3 amide bonds. The lowest BCUT2D eigenvalue weighted by Gasteiger charge is -2.23. The fraction of sp³-hybridized carbons (Fsp3) is 0.875. The maximum Gasteiger partial charge on any atom is 0.246 e. The Labute approximate surface area is 204 Å². The van der Waals surface area contributed by atoms with Crippen LogP contribution in [0.1, 0.15) is 58.8 Å².